The highest BCUT2D eigenvalue weighted by Crippen LogP contribution is 2.48. The Kier molecular flexibility index (Phi) is 8.20. The normalized spacial score (nSPS) is 31.1. The van der Waals surface area contributed by atoms with Crippen LogP contribution in [-0.4, -0.2) is 67.8 Å². The molecule has 7 heteroatoms. The maximum atomic E-state index is 12.4. The molecule has 1 saturated heterocycles. The molecule has 3 N–H and O–H groups in total. The number of hydrogen-bond acceptors (Lipinski definition) is 5. The average molecular weight is 536 g/mol. The first-order valence-electron chi connectivity index (χ1n) is 14.7. The fraction of sp³-hybridized carbons (Fsp3) is 0.625. The van der Waals surface area contributed by atoms with E-state index in [0.717, 1.165) is 51.1 Å². The van der Waals surface area contributed by atoms with Gasteiger partial charge in [-0.15, -0.1) is 0 Å². The molecule has 4 aliphatic rings. The largest absolute Gasteiger partial charge is 0.497 e. The summed E-state index contributed by atoms with van der Waals surface area (Å²) in [5.41, 5.74) is 0.874. The molecule has 5 rings (SSSR count). The number of nitrogens with zero attached hydrogens (tertiary/aromatic N) is 1. The molecular formula is C32H45N3O4. The molecule has 1 amide bonds. The van der Waals surface area contributed by atoms with Gasteiger partial charge in [0.2, 0.25) is 5.91 Å². The van der Waals surface area contributed by atoms with E-state index >= 15 is 0 Å². The summed E-state index contributed by atoms with van der Waals surface area (Å²) in [5.74, 6) is 1.01. The van der Waals surface area contributed by atoms with Crippen LogP contribution in [0.25, 0.3) is 0 Å². The second-order valence-corrected chi connectivity index (χ2v) is 12.6. The van der Waals surface area contributed by atoms with Crippen LogP contribution in [0.4, 0.5) is 0 Å². The summed E-state index contributed by atoms with van der Waals surface area (Å²) < 4.78 is 6.63. The molecule has 5 unspecified atom stereocenters. The van der Waals surface area contributed by atoms with E-state index in [4.69, 9.17) is 4.74 Å². The van der Waals surface area contributed by atoms with E-state index in [0.29, 0.717) is 25.1 Å². The number of carbonyl (C=O) groups excluding carboxylic acids is 1. The number of rotatable bonds is 11. The molecule has 2 saturated carbocycles. The second kappa shape index (κ2) is 11.5. The number of carboxylic acids is 1. The van der Waals surface area contributed by atoms with Crippen LogP contribution in [0.3, 0.4) is 0 Å². The summed E-state index contributed by atoms with van der Waals surface area (Å²) >= 11 is 0. The van der Waals surface area contributed by atoms with Crippen LogP contribution in [0.15, 0.2) is 54.3 Å². The molecule has 0 radical (unpaired) electrons. The Labute approximate surface area is 233 Å². The van der Waals surface area contributed by atoms with Crippen LogP contribution in [0, 0.1) is 28.6 Å². The number of likely N-dealkylation sites (tertiary alicyclic amines) is 1. The zero-order valence-electron chi connectivity index (χ0n) is 23.7. The van der Waals surface area contributed by atoms with Crippen LogP contribution in [0.5, 0.6) is 0 Å². The van der Waals surface area contributed by atoms with Gasteiger partial charge in [0.15, 0.2) is 0 Å². The first-order valence-corrected chi connectivity index (χ1v) is 14.7. The summed E-state index contributed by atoms with van der Waals surface area (Å²) in [6.07, 6.45) is 10.7. The third-order valence-corrected chi connectivity index (χ3v) is 9.98. The van der Waals surface area contributed by atoms with Crippen LogP contribution in [0.1, 0.15) is 57.4 Å². The highest BCUT2D eigenvalue weighted by molar-refractivity contribution is 5.80. The summed E-state index contributed by atoms with van der Waals surface area (Å²) in [6, 6.07) is 11.2. The highest BCUT2D eigenvalue weighted by atomic mass is 16.5. The van der Waals surface area contributed by atoms with Gasteiger partial charge < -0.3 is 25.4 Å². The van der Waals surface area contributed by atoms with Gasteiger partial charge in [0.25, 0.3) is 0 Å². The second-order valence-electron chi connectivity index (χ2n) is 12.6. The highest BCUT2D eigenvalue weighted by Gasteiger charge is 2.52. The number of aliphatic carboxylic acids is 1. The average Bonchev–Trinajstić information content (AvgIpc) is 3.88. The molecule has 5 atom stereocenters. The van der Waals surface area contributed by atoms with Crippen molar-refractivity contribution in [2.45, 2.75) is 57.9 Å². The molecule has 1 aliphatic heterocycles. The molecule has 0 aromatic heterocycles. The number of nitrogens with one attached hydrogen (secondary N) is 2. The van der Waals surface area contributed by atoms with Gasteiger partial charge in [0.05, 0.1) is 23.7 Å². The van der Waals surface area contributed by atoms with Crippen LogP contribution in [0.2, 0.25) is 0 Å². The molecule has 39 heavy (non-hydrogen) atoms. The first kappa shape index (κ1) is 27.9. The quantitative estimate of drug-likeness (QED) is 0.394. The number of amides is 1. The van der Waals surface area contributed by atoms with Crippen LogP contribution in [-0.2, 0) is 14.3 Å². The number of allylic oxidation sites excluding steroid dienone is 3. The summed E-state index contributed by atoms with van der Waals surface area (Å²) in [6.45, 7) is 8.27. The maximum Gasteiger partial charge on any atom is 0.310 e. The first-order chi connectivity index (χ1) is 18.8. The SMILES string of the molecule is CNC(=O)C1C=CC=C(OCC2(CNC3CC3c3ccccc3)CCN(CC3(C(=O)O)CC3)CC2)C(C)C1C. The molecule has 1 heterocycles. The molecular weight excluding hydrogens is 490 g/mol. The number of benzene rings is 1. The number of piperidine rings is 1. The summed E-state index contributed by atoms with van der Waals surface area (Å²) in [7, 11) is 1.69. The minimum Gasteiger partial charge on any atom is -0.497 e. The molecule has 0 bridgehead atoms. The Morgan fingerprint density at radius 1 is 1.10 bits per heavy atom. The van der Waals surface area contributed by atoms with Crippen LogP contribution >= 0.6 is 0 Å². The predicted molar refractivity (Wildman–Crippen MR) is 152 cm³/mol. The lowest BCUT2D eigenvalue weighted by molar-refractivity contribution is -0.144. The standard InChI is InChI=1S/C32H45N3O4/c1-22-23(2)28(11-7-10-25(22)29(36)33-3)39-21-31(19-34-27-18-26(27)24-8-5-4-6-9-24)14-16-35(17-15-31)20-32(12-13-32)30(37)38/h4-11,22-23,25-27,34H,12-21H2,1-3H3,(H,33,36)(H,37,38). The minimum atomic E-state index is -0.642. The number of carboxylic acid groups (broad SMARTS) is 1. The van der Waals surface area contributed by atoms with Crippen molar-refractivity contribution in [2.24, 2.45) is 28.6 Å². The zero-order valence-corrected chi connectivity index (χ0v) is 23.7. The molecule has 3 fully saturated rings. The fourth-order valence-electron chi connectivity index (χ4n) is 6.49. The Hall–Kier alpha value is -2.64. The molecule has 0 spiro atoms. The van der Waals surface area contributed by atoms with Crippen molar-refractivity contribution < 1.29 is 19.4 Å². The molecule has 7 nitrogen and oxygen atoms in total. The Morgan fingerprint density at radius 3 is 2.46 bits per heavy atom. The smallest absolute Gasteiger partial charge is 0.310 e. The van der Waals surface area contributed by atoms with Crippen molar-refractivity contribution in [2.75, 3.05) is 39.8 Å². The van der Waals surface area contributed by atoms with Gasteiger partial charge in [-0.2, -0.15) is 0 Å². The van der Waals surface area contributed by atoms with E-state index in [2.05, 4.69) is 59.7 Å². The van der Waals surface area contributed by atoms with E-state index in [1.54, 1.807) is 7.05 Å². The van der Waals surface area contributed by atoms with Gasteiger partial charge in [0, 0.05) is 43.4 Å². The lowest BCUT2D eigenvalue weighted by Crippen LogP contribution is -2.49. The van der Waals surface area contributed by atoms with Gasteiger partial charge in [-0.25, -0.2) is 0 Å². The molecule has 3 aliphatic carbocycles. The van der Waals surface area contributed by atoms with E-state index in [1.807, 2.05) is 18.2 Å². The zero-order chi connectivity index (χ0) is 27.6. The van der Waals surface area contributed by atoms with Gasteiger partial charge >= 0.3 is 5.97 Å². The van der Waals surface area contributed by atoms with Crippen molar-refractivity contribution in [1.82, 2.24) is 15.5 Å². The monoisotopic (exact) mass is 535 g/mol. The van der Waals surface area contributed by atoms with E-state index in [1.165, 1.54) is 12.0 Å². The lowest BCUT2D eigenvalue weighted by atomic mass is 9.78. The minimum absolute atomic E-state index is 0.0136. The van der Waals surface area contributed by atoms with Crippen molar-refractivity contribution >= 4 is 11.9 Å². The Bertz CT molecular complexity index is 1090. The van der Waals surface area contributed by atoms with E-state index in [-0.39, 0.29) is 29.1 Å². The van der Waals surface area contributed by atoms with E-state index < -0.39 is 11.4 Å². The molecule has 212 valence electrons. The van der Waals surface area contributed by atoms with Crippen molar-refractivity contribution in [1.29, 1.82) is 0 Å². The van der Waals surface area contributed by atoms with Crippen LogP contribution < -0.4 is 10.6 Å². The Balaban J connectivity index is 1.23. The van der Waals surface area contributed by atoms with Crippen molar-refractivity contribution in [3.63, 3.8) is 0 Å². The third-order valence-electron chi connectivity index (χ3n) is 9.98. The van der Waals surface area contributed by atoms with Crippen molar-refractivity contribution in [3.8, 4) is 0 Å². The number of ether oxygens (including phenoxy) is 1. The summed E-state index contributed by atoms with van der Waals surface area (Å²) in [4.78, 5) is 26.6. The maximum absolute atomic E-state index is 12.4. The number of hydrogen-bond donors (Lipinski definition) is 3. The van der Waals surface area contributed by atoms with Gasteiger partial charge in [-0.3, -0.25) is 9.59 Å². The van der Waals surface area contributed by atoms with Gasteiger partial charge in [-0.05, 0) is 62.8 Å². The third kappa shape index (κ3) is 6.25. The predicted octanol–water partition coefficient (Wildman–Crippen LogP) is 4.18. The van der Waals surface area contributed by atoms with E-state index in [9.17, 15) is 14.7 Å². The fourth-order valence-corrected chi connectivity index (χ4v) is 6.49. The lowest BCUT2D eigenvalue weighted by Gasteiger charge is -2.43. The van der Waals surface area contributed by atoms with Crippen molar-refractivity contribution in [3.05, 3.63) is 59.9 Å². The number of carbonyl (C=O) groups is 2. The topological polar surface area (TPSA) is 90.9 Å². The molecule has 1 aromatic carbocycles. The van der Waals surface area contributed by atoms with Gasteiger partial charge in [-0.1, -0.05) is 56.3 Å². The summed E-state index contributed by atoms with van der Waals surface area (Å²) in [5, 5.41) is 16.4. The van der Waals surface area contributed by atoms with Gasteiger partial charge in [0.1, 0.15) is 0 Å². The Morgan fingerprint density at radius 2 is 1.82 bits per heavy atom. The molecule has 1 aromatic rings.